The van der Waals surface area contributed by atoms with E-state index in [4.69, 9.17) is 26.3 Å². The third kappa shape index (κ3) is 6.36. The fraction of sp³-hybridized carbons (Fsp3) is 0.500. The lowest BCUT2D eigenvalue weighted by Crippen LogP contribution is -2.40. The van der Waals surface area contributed by atoms with Gasteiger partial charge >= 0.3 is 12.0 Å². The first-order chi connectivity index (χ1) is 19.4. The summed E-state index contributed by atoms with van der Waals surface area (Å²) in [5, 5.41) is 8.81. The van der Waals surface area contributed by atoms with E-state index in [-0.39, 0.29) is 6.03 Å². The number of urea groups is 1. The highest BCUT2D eigenvalue weighted by atomic mass is 35.5. The molecule has 3 heterocycles. The van der Waals surface area contributed by atoms with Gasteiger partial charge in [0.15, 0.2) is 0 Å². The number of anilines is 2. The van der Waals surface area contributed by atoms with E-state index >= 15 is 0 Å². The van der Waals surface area contributed by atoms with Crippen LogP contribution < -0.4 is 20.3 Å². The zero-order valence-corrected chi connectivity index (χ0v) is 24.5. The van der Waals surface area contributed by atoms with Crippen LogP contribution in [-0.2, 0) is 13.0 Å². The molecule has 1 atom stereocenters. The van der Waals surface area contributed by atoms with Crippen molar-refractivity contribution in [3.8, 4) is 6.01 Å². The Labute approximate surface area is 241 Å². The number of hydrogen-bond acceptors (Lipinski definition) is 7. The van der Waals surface area contributed by atoms with Crippen molar-refractivity contribution < 1.29 is 9.53 Å². The average molecular weight is 566 g/mol. The van der Waals surface area contributed by atoms with E-state index in [1.807, 2.05) is 0 Å². The van der Waals surface area contributed by atoms with E-state index in [0.29, 0.717) is 50.7 Å². The highest BCUT2D eigenvalue weighted by Gasteiger charge is 2.26. The van der Waals surface area contributed by atoms with Crippen molar-refractivity contribution in [3.63, 3.8) is 0 Å². The second-order valence-corrected chi connectivity index (χ2v) is 11.1. The van der Waals surface area contributed by atoms with Crippen LogP contribution in [0.4, 0.5) is 16.3 Å². The molecule has 3 aromatic rings. The van der Waals surface area contributed by atoms with Gasteiger partial charge in [0.05, 0.1) is 12.2 Å². The Morgan fingerprint density at radius 3 is 2.77 bits per heavy atom. The van der Waals surface area contributed by atoms with Crippen LogP contribution in [-0.4, -0.2) is 91.1 Å². The minimum absolute atomic E-state index is 0.141. The van der Waals surface area contributed by atoms with Crippen molar-refractivity contribution >= 4 is 39.9 Å². The largest absolute Gasteiger partial charge is 0.462 e. The quantitative estimate of drug-likeness (QED) is 0.355. The number of nitrogens with one attached hydrogen (secondary N) is 2. The molecule has 214 valence electrons. The minimum Gasteiger partial charge on any atom is -0.462 e. The summed E-state index contributed by atoms with van der Waals surface area (Å²) >= 11 is 5.70. The van der Waals surface area contributed by atoms with Crippen LogP contribution in [0.3, 0.4) is 0 Å². The highest BCUT2D eigenvalue weighted by molar-refractivity contribution is 6.18. The van der Waals surface area contributed by atoms with Crippen LogP contribution in [0.25, 0.3) is 10.8 Å². The van der Waals surface area contributed by atoms with Gasteiger partial charge in [0.2, 0.25) is 0 Å². The van der Waals surface area contributed by atoms with Gasteiger partial charge in [-0.25, -0.2) is 4.79 Å². The van der Waals surface area contributed by atoms with Gasteiger partial charge in [0, 0.05) is 61.8 Å². The molecule has 1 unspecified atom stereocenters. The summed E-state index contributed by atoms with van der Waals surface area (Å²) in [7, 11) is 3.92. The molecule has 0 bridgehead atoms. The Balaban J connectivity index is 1.37. The van der Waals surface area contributed by atoms with Crippen LogP contribution in [0.2, 0.25) is 0 Å². The van der Waals surface area contributed by atoms with Gasteiger partial charge in [-0.1, -0.05) is 30.3 Å². The SMILES string of the molecule is Cc1cccc2cccc(N3CCc4c(nc(OCC5CCCN5C)nc4NCCN(C)C(=O)NCCCl)C3)c12. The lowest BCUT2D eigenvalue weighted by molar-refractivity contribution is 0.187. The van der Waals surface area contributed by atoms with Gasteiger partial charge in [0.25, 0.3) is 0 Å². The van der Waals surface area contributed by atoms with Gasteiger partial charge < -0.3 is 30.1 Å². The minimum atomic E-state index is -0.141. The monoisotopic (exact) mass is 565 g/mol. The number of aryl methyl sites for hydroxylation is 1. The smallest absolute Gasteiger partial charge is 0.318 e. The molecular weight excluding hydrogens is 526 g/mol. The molecule has 1 fully saturated rings. The van der Waals surface area contributed by atoms with Gasteiger partial charge in [0.1, 0.15) is 12.4 Å². The molecule has 0 radical (unpaired) electrons. The molecule has 2 N–H and O–H groups in total. The number of hydrogen-bond donors (Lipinski definition) is 2. The number of alkyl halides is 1. The van der Waals surface area contributed by atoms with Crippen molar-refractivity contribution in [3.05, 3.63) is 53.2 Å². The fourth-order valence-corrected chi connectivity index (χ4v) is 5.78. The predicted octanol–water partition coefficient (Wildman–Crippen LogP) is 4.27. The number of likely N-dealkylation sites (tertiary alicyclic amines) is 1. The number of carbonyl (C=O) groups is 1. The van der Waals surface area contributed by atoms with Crippen molar-refractivity contribution in [1.29, 1.82) is 0 Å². The zero-order valence-electron chi connectivity index (χ0n) is 23.8. The lowest BCUT2D eigenvalue weighted by atomic mass is 10.00. The van der Waals surface area contributed by atoms with Crippen LogP contribution in [0.1, 0.15) is 29.7 Å². The van der Waals surface area contributed by atoms with Crippen molar-refractivity contribution in [2.24, 2.45) is 0 Å². The summed E-state index contributed by atoms with van der Waals surface area (Å²) in [5.41, 5.74) is 4.60. The maximum Gasteiger partial charge on any atom is 0.318 e. The summed E-state index contributed by atoms with van der Waals surface area (Å²) in [6, 6.07) is 13.6. The topological polar surface area (TPSA) is 85.9 Å². The van der Waals surface area contributed by atoms with E-state index in [2.05, 4.69) is 70.8 Å². The van der Waals surface area contributed by atoms with Crippen LogP contribution >= 0.6 is 11.6 Å². The van der Waals surface area contributed by atoms with Crippen molar-refractivity contribution in [1.82, 2.24) is 25.1 Å². The number of halogens is 1. The van der Waals surface area contributed by atoms with Gasteiger partial charge in [-0.15, -0.1) is 11.6 Å². The number of fused-ring (bicyclic) bond motifs is 2. The zero-order chi connectivity index (χ0) is 28.1. The Bertz CT molecular complexity index is 1330. The summed E-state index contributed by atoms with van der Waals surface area (Å²) in [4.78, 5) is 28.4. The molecule has 5 rings (SSSR count). The summed E-state index contributed by atoms with van der Waals surface area (Å²) < 4.78 is 6.20. The van der Waals surface area contributed by atoms with E-state index < -0.39 is 0 Å². The Morgan fingerprint density at radius 2 is 2.00 bits per heavy atom. The molecule has 1 saturated heterocycles. The number of aromatic nitrogens is 2. The van der Waals surface area contributed by atoms with E-state index in [1.165, 1.54) is 28.4 Å². The van der Waals surface area contributed by atoms with E-state index in [9.17, 15) is 4.79 Å². The van der Waals surface area contributed by atoms with Gasteiger partial charge in [-0.3, -0.25) is 0 Å². The summed E-state index contributed by atoms with van der Waals surface area (Å²) in [6.07, 6.45) is 3.13. The maximum atomic E-state index is 12.2. The first-order valence-corrected chi connectivity index (χ1v) is 14.7. The number of carbonyl (C=O) groups excluding carboxylic acids is 1. The molecule has 0 aliphatic carbocycles. The Hall–Kier alpha value is -3.30. The molecule has 2 aliphatic heterocycles. The third-order valence-corrected chi connectivity index (χ3v) is 8.20. The molecular formula is C30H40ClN7O2. The normalized spacial score (nSPS) is 17.1. The summed E-state index contributed by atoms with van der Waals surface area (Å²) in [6.45, 7) is 6.92. The number of rotatable bonds is 10. The van der Waals surface area contributed by atoms with Crippen molar-refractivity contribution in [2.75, 3.05) is 69.5 Å². The molecule has 0 spiro atoms. The number of likely N-dealkylation sites (N-methyl/N-ethyl adjacent to an activating group) is 2. The summed E-state index contributed by atoms with van der Waals surface area (Å²) in [5.74, 6) is 1.18. The van der Waals surface area contributed by atoms with E-state index in [1.54, 1.807) is 11.9 Å². The van der Waals surface area contributed by atoms with Gasteiger partial charge in [-0.05, 0) is 56.8 Å². The predicted molar refractivity (Wildman–Crippen MR) is 162 cm³/mol. The van der Waals surface area contributed by atoms with Crippen LogP contribution in [0.15, 0.2) is 36.4 Å². The molecule has 40 heavy (non-hydrogen) atoms. The lowest BCUT2D eigenvalue weighted by Gasteiger charge is -2.32. The molecule has 10 heteroatoms. The number of amides is 2. The van der Waals surface area contributed by atoms with Gasteiger partial charge in [-0.2, -0.15) is 9.97 Å². The number of benzene rings is 2. The Morgan fingerprint density at radius 1 is 1.18 bits per heavy atom. The third-order valence-electron chi connectivity index (χ3n) is 8.01. The average Bonchev–Trinajstić information content (AvgIpc) is 3.38. The Kier molecular flexibility index (Phi) is 9.11. The number of ether oxygens (including phenoxy) is 1. The fourth-order valence-electron chi connectivity index (χ4n) is 5.69. The molecule has 2 aliphatic rings. The maximum absolute atomic E-state index is 12.2. The van der Waals surface area contributed by atoms with Crippen molar-refractivity contribution in [2.45, 2.75) is 38.8 Å². The molecule has 2 aromatic carbocycles. The van der Waals surface area contributed by atoms with E-state index in [0.717, 1.165) is 43.0 Å². The van der Waals surface area contributed by atoms with Crippen LogP contribution in [0, 0.1) is 6.92 Å². The molecule has 0 saturated carbocycles. The first-order valence-electron chi connectivity index (χ1n) is 14.2. The highest BCUT2D eigenvalue weighted by Crippen LogP contribution is 2.34. The number of nitrogens with zero attached hydrogens (tertiary/aromatic N) is 5. The molecule has 2 amide bonds. The second-order valence-electron chi connectivity index (χ2n) is 10.8. The molecule has 1 aromatic heterocycles. The molecule has 9 nitrogen and oxygen atoms in total. The van der Waals surface area contributed by atoms with Crippen LogP contribution in [0.5, 0.6) is 6.01 Å². The standard InChI is InChI=1S/C30H40ClN7O2/c1-21-7-4-8-22-9-5-11-26(27(21)22)38-17-12-24-25(19-38)34-29(40-20-23-10-6-16-36(23)2)35-28(24)32-15-18-37(3)30(39)33-14-13-31/h4-5,7-9,11,23H,6,10,12-20H2,1-3H3,(H,33,39)(H,32,34,35). The second kappa shape index (κ2) is 12.9. The first kappa shape index (κ1) is 28.2.